The van der Waals surface area contributed by atoms with Crippen LogP contribution < -0.4 is 5.32 Å². The highest BCUT2D eigenvalue weighted by Gasteiger charge is 2.33. The molecule has 2 nitrogen and oxygen atoms in total. The fourth-order valence-corrected chi connectivity index (χ4v) is 2.03. The maximum atomic E-state index is 9.40. The summed E-state index contributed by atoms with van der Waals surface area (Å²) in [6.45, 7) is 6.54. The van der Waals surface area contributed by atoms with Gasteiger partial charge in [0.25, 0.3) is 0 Å². The maximum Gasteiger partial charge on any atom is 0.0931 e. The molecule has 1 saturated heterocycles. The van der Waals surface area contributed by atoms with Gasteiger partial charge in [0.2, 0.25) is 0 Å². The standard InChI is InChI=1S/C8H17NO/c1-6-4-7(10)5-8(2,3)9-6/h6-7,9-10H,4-5H2,1-3H3/p+1/t6-,7-/m1/s1. The molecule has 0 amide bonds. The van der Waals surface area contributed by atoms with Crippen LogP contribution in [0.5, 0.6) is 0 Å². The number of aliphatic hydroxyl groups is 1. The number of aliphatic hydroxyl groups excluding tert-OH is 1. The number of piperidine rings is 1. The first-order valence-electron chi connectivity index (χ1n) is 4.04. The Bertz CT molecular complexity index is 110. The van der Waals surface area contributed by atoms with Crippen molar-refractivity contribution in [3.63, 3.8) is 0 Å². The highest BCUT2D eigenvalue weighted by Crippen LogP contribution is 2.14. The molecule has 3 N–H and O–H groups in total. The minimum Gasteiger partial charge on any atom is -0.393 e. The van der Waals surface area contributed by atoms with E-state index >= 15 is 0 Å². The van der Waals surface area contributed by atoms with Gasteiger partial charge in [0, 0.05) is 12.8 Å². The lowest BCUT2D eigenvalue weighted by Crippen LogP contribution is -3.01. The van der Waals surface area contributed by atoms with Crippen molar-refractivity contribution in [1.29, 1.82) is 0 Å². The normalized spacial score (nSPS) is 39.6. The van der Waals surface area contributed by atoms with E-state index in [1.807, 2.05) is 0 Å². The van der Waals surface area contributed by atoms with E-state index in [9.17, 15) is 5.11 Å². The minimum atomic E-state index is -0.0741. The molecule has 2 atom stereocenters. The zero-order valence-corrected chi connectivity index (χ0v) is 7.09. The second-order valence-electron chi connectivity index (χ2n) is 4.23. The Kier molecular flexibility index (Phi) is 2.02. The van der Waals surface area contributed by atoms with Gasteiger partial charge in [-0.05, 0) is 20.8 Å². The van der Waals surface area contributed by atoms with Crippen molar-refractivity contribution in [2.45, 2.75) is 51.3 Å². The fraction of sp³-hybridized carbons (Fsp3) is 1.00. The van der Waals surface area contributed by atoms with Gasteiger partial charge in [-0.2, -0.15) is 0 Å². The minimum absolute atomic E-state index is 0.0741. The van der Waals surface area contributed by atoms with Crippen molar-refractivity contribution >= 4 is 0 Å². The first-order valence-corrected chi connectivity index (χ1v) is 4.04. The summed E-state index contributed by atoms with van der Waals surface area (Å²) in [6, 6.07) is 0.582. The van der Waals surface area contributed by atoms with E-state index in [-0.39, 0.29) is 11.6 Å². The lowest BCUT2D eigenvalue weighted by atomic mass is 9.88. The monoisotopic (exact) mass is 144 g/mol. The van der Waals surface area contributed by atoms with Crippen molar-refractivity contribution in [2.75, 3.05) is 0 Å². The molecule has 10 heavy (non-hydrogen) atoms. The molecular weight excluding hydrogens is 126 g/mol. The summed E-state index contributed by atoms with van der Waals surface area (Å²) in [5.41, 5.74) is 0.247. The van der Waals surface area contributed by atoms with Crippen molar-refractivity contribution in [3.8, 4) is 0 Å². The maximum absolute atomic E-state index is 9.40. The summed E-state index contributed by atoms with van der Waals surface area (Å²) in [5.74, 6) is 0. The third kappa shape index (κ3) is 1.96. The Labute approximate surface area is 62.6 Å². The van der Waals surface area contributed by atoms with Gasteiger partial charge in [0.05, 0.1) is 17.7 Å². The van der Waals surface area contributed by atoms with Crippen LogP contribution in [0.4, 0.5) is 0 Å². The molecular formula is C8H18NO+. The Morgan fingerprint density at radius 1 is 1.50 bits per heavy atom. The molecule has 1 aliphatic rings. The molecule has 0 spiro atoms. The highest BCUT2D eigenvalue weighted by molar-refractivity contribution is 4.76. The third-order valence-corrected chi connectivity index (χ3v) is 2.14. The number of quaternary nitrogens is 1. The van der Waals surface area contributed by atoms with E-state index in [0.717, 1.165) is 12.8 Å². The van der Waals surface area contributed by atoms with Crippen molar-refractivity contribution in [3.05, 3.63) is 0 Å². The molecule has 0 aliphatic carbocycles. The van der Waals surface area contributed by atoms with Gasteiger partial charge in [0.15, 0.2) is 0 Å². The van der Waals surface area contributed by atoms with Crippen LogP contribution in [0.3, 0.4) is 0 Å². The fourth-order valence-electron chi connectivity index (χ4n) is 2.03. The molecule has 2 heteroatoms. The van der Waals surface area contributed by atoms with Crippen LogP contribution in [0.25, 0.3) is 0 Å². The average Bonchev–Trinajstić information content (AvgIpc) is 1.54. The Balaban J connectivity index is 2.51. The van der Waals surface area contributed by atoms with E-state index in [1.165, 1.54) is 0 Å². The average molecular weight is 144 g/mol. The van der Waals surface area contributed by atoms with Gasteiger partial charge in [-0.25, -0.2) is 0 Å². The molecule has 0 bridgehead atoms. The molecule has 0 unspecified atom stereocenters. The zero-order chi connectivity index (χ0) is 7.78. The Morgan fingerprint density at radius 2 is 2.10 bits per heavy atom. The van der Waals surface area contributed by atoms with Crippen molar-refractivity contribution in [1.82, 2.24) is 0 Å². The summed E-state index contributed by atoms with van der Waals surface area (Å²) in [5, 5.41) is 11.7. The predicted octanol–water partition coefficient (Wildman–Crippen LogP) is -0.128. The summed E-state index contributed by atoms with van der Waals surface area (Å²) >= 11 is 0. The van der Waals surface area contributed by atoms with Crippen LogP contribution in [0.15, 0.2) is 0 Å². The van der Waals surface area contributed by atoms with Gasteiger partial charge < -0.3 is 10.4 Å². The van der Waals surface area contributed by atoms with Crippen LogP contribution in [0.1, 0.15) is 33.6 Å². The SMILES string of the molecule is C[C@@H]1C[C@@H](O)CC(C)(C)[NH2+]1. The largest absolute Gasteiger partial charge is 0.393 e. The molecule has 1 heterocycles. The van der Waals surface area contributed by atoms with Gasteiger partial charge in [-0.15, -0.1) is 0 Å². The molecule has 0 radical (unpaired) electrons. The molecule has 1 aliphatic heterocycles. The quantitative estimate of drug-likeness (QED) is 0.488. The lowest BCUT2D eigenvalue weighted by Gasteiger charge is -2.34. The summed E-state index contributed by atoms with van der Waals surface area (Å²) in [6.07, 6.45) is 1.80. The smallest absolute Gasteiger partial charge is 0.0931 e. The Hall–Kier alpha value is -0.0800. The lowest BCUT2D eigenvalue weighted by molar-refractivity contribution is -0.759. The van der Waals surface area contributed by atoms with E-state index < -0.39 is 0 Å². The van der Waals surface area contributed by atoms with Crippen LogP contribution in [0.2, 0.25) is 0 Å². The van der Waals surface area contributed by atoms with E-state index in [4.69, 9.17) is 0 Å². The highest BCUT2D eigenvalue weighted by atomic mass is 16.3. The Morgan fingerprint density at radius 3 is 2.50 bits per heavy atom. The molecule has 0 aromatic carbocycles. The van der Waals surface area contributed by atoms with Crippen LogP contribution >= 0.6 is 0 Å². The summed E-state index contributed by atoms with van der Waals surface area (Å²) in [4.78, 5) is 0. The number of hydrogen-bond acceptors (Lipinski definition) is 1. The van der Waals surface area contributed by atoms with Gasteiger partial charge in [0.1, 0.15) is 0 Å². The molecule has 60 valence electrons. The van der Waals surface area contributed by atoms with E-state index in [0.29, 0.717) is 6.04 Å². The molecule has 1 rings (SSSR count). The zero-order valence-electron chi connectivity index (χ0n) is 7.09. The van der Waals surface area contributed by atoms with Crippen LogP contribution in [-0.2, 0) is 0 Å². The molecule has 1 fully saturated rings. The van der Waals surface area contributed by atoms with E-state index in [1.54, 1.807) is 0 Å². The molecule has 0 aromatic rings. The second-order valence-corrected chi connectivity index (χ2v) is 4.23. The van der Waals surface area contributed by atoms with Crippen LogP contribution in [-0.4, -0.2) is 22.8 Å². The van der Waals surface area contributed by atoms with E-state index in [2.05, 4.69) is 26.1 Å². The number of rotatable bonds is 0. The van der Waals surface area contributed by atoms with Crippen LogP contribution in [0, 0.1) is 0 Å². The summed E-state index contributed by atoms with van der Waals surface area (Å²) in [7, 11) is 0. The topological polar surface area (TPSA) is 36.8 Å². The van der Waals surface area contributed by atoms with Gasteiger partial charge in [-0.3, -0.25) is 0 Å². The second kappa shape index (κ2) is 2.51. The first-order chi connectivity index (χ1) is 4.49. The third-order valence-electron chi connectivity index (χ3n) is 2.14. The van der Waals surface area contributed by atoms with Gasteiger partial charge >= 0.3 is 0 Å². The van der Waals surface area contributed by atoms with Gasteiger partial charge in [-0.1, -0.05) is 0 Å². The molecule has 0 aromatic heterocycles. The van der Waals surface area contributed by atoms with Crippen molar-refractivity contribution in [2.24, 2.45) is 0 Å². The molecule has 0 saturated carbocycles. The predicted molar refractivity (Wildman–Crippen MR) is 40.7 cm³/mol. The number of nitrogens with two attached hydrogens (primary N) is 1. The number of hydrogen-bond donors (Lipinski definition) is 2. The first kappa shape index (κ1) is 8.02. The van der Waals surface area contributed by atoms with Crippen molar-refractivity contribution < 1.29 is 10.4 Å². The summed E-state index contributed by atoms with van der Waals surface area (Å²) < 4.78 is 0.